The number of hydrogen-bond acceptors (Lipinski definition) is 3. The van der Waals surface area contributed by atoms with Gasteiger partial charge in [-0.15, -0.1) is 0 Å². The molecule has 102 valence electrons. The first-order valence-electron chi connectivity index (χ1n) is 6.31. The molecule has 0 aliphatic heterocycles. The minimum absolute atomic E-state index is 0.151. The lowest BCUT2D eigenvalue weighted by Gasteiger charge is -2.17. The Balaban J connectivity index is 2.85. The van der Waals surface area contributed by atoms with E-state index >= 15 is 0 Å². The number of aliphatic hydroxyl groups is 1. The minimum atomic E-state index is 0.151. The fourth-order valence-electron chi connectivity index (χ4n) is 1.68. The van der Waals surface area contributed by atoms with E-state index in [-0.39, 0.29) is 12.5 Å². The highest BCUT2D eigenvalue weighted by atomic mass is 79.9. The summed E-state index contributed by atoms with van der Waals surface area (Å²) in [5.41, 5.74) is 2.26. The van der Waals surface area contributed by atoms with Crippen molar-refractivity contribution in [3.63, 3.8) is 0 Å². The standard InChI is InChI=1S/C14H22BrNO2/c1-4-16-7-12-6-13(15)5-11(3)14(12)18-9-10(2)8-17/h5-6,10,16-17H,4,7-9H2,1-3H3. The largest absolute Gasteiger partial charge is 0.493 e. The van der Waals surface area contributed by atoms with Gasteiger partial charge in [0.05, 0.1) is 6.61 Å². The molecular formula is C14H22BrNO2. The van der Waals surface area contributed by atoms with Crippen molar-refractivity contribution in [1.82, 2.24) is 5.32 Å². The molecule has 2 N–H and O–H groups in total. The van der Waals surface area contributed by atoms with Crippen LogP contribution in [-0.4, -0.2) is 24.9 Å². The third-order valence-corrected chi connectivity index (χ3v) is 3.16. The van der Waals surface area contributed by atoms with E-state index in [1.165, 1.54) is 0 Å². The van der Waals surface area contributed by atoms with Crippen LogP contribution in [0.1, 0.15) is 25.0 Å². The zero-order valence-corrected chi connectivity index (χ0v) is 12.9. The zero-order chi connectivity index (χ0) is 13.5. The summed E-state index contributed by atoms with van der Waals surface area (Å²) < 4.78 is 6.92. The van der Waals surface area contributed by atoms with Gasteiger partial charge in [-0.05, 0) is 31.2 Å². The molecule has 0 aromatic heterocycles. The molecule has 0 aliphatic carbocycles. The molecule has 0 bridgehead atoms. The van der Waals surface area contributed by atoms with E-state index in [0.29, 0.717) is 6.61 Å². The molecule has 1 aromatic carbocycles. The lowest BCUT2D eigenvalue weighted by Crippen LogP contribution is -2.16. The number of benzene rings is 1. The van der Waals surface area contributed by atoms with Crippen molar-refractivity contribution in [3.05, 3.63) is 27.7 Å². The van der Waals surface area contributed by atoms with Crippen LogP contribution in [0.4, 0.5) is 0 Å². The van der Waals surface area contributed by atoms with Crippen molar-refractivity contribution >= 4 is 15.9 Å². The fourth-order valence-corrected chi connectivity index (χ4v) is 2.29. The summed E-state index contributed by atoms with van der Waals surface area (Å²) in [7, 11) is 0. The van der Waals surface area contributed by atoms with Gasteiger partial charge in [-0.1, -0.05) is 29.8 Å². The number of nitrogens with one attached hydrogen (secondary N) is 1. The monoisotopic (exact) mass is 315 g/mol. The van der Waals surface area contributed by atoms with Crippen molar-refractivity contribution in [2.24, 2.45) is 5.92 Å². The Bertz CT molecular complexity index is 382. The first kappa shape index (κ1) is 15.5. The summed E-state index contributed by atoms with van der Waals surface area (Å²) in [5.74, 6) is 1.08. The summed E-state index contributed by atoms with van der Waals surface area (Å²) in [6.07, 6.45) is 0. The number of aryl methyl sites for hydroxylation is 1. The Morgan fingerprint density at radius 1 is 1.44 bits per heavy atom. The predicted molar refractivity (Wildman–Crippen MR) is 78.0 cm³/mol. The van der Waals surface area contributed by atoms with E-state index in [4.69, 9.17) is 9.84 Å². The van der Waals surface area contributed by atoms with Crippen molar-refractivity contribution in [3.8, 4) is 5.75 Å². The minimum Gasteiger partial charge on any atom is -0.493 e. The van der Waals surface area contributed by atoms with Crippen LogP contribution in [0.2, 0.25) is 0 Å². The van der Waals surface area contributed by atoms with Gasteiger partial charge in [0.15, 0.2) is 0 Å². The SMILES string of the molecule is CCNCc1cc(Br)cc(C)c1OCC(C)CO. The Morgan fingerprint density at radius 2 is 2.17 bits per heavy atom. The topological polar surface area (TPSA) is 41.5 Å². The maximum atomic E-state index is 9.04. The molecule has 18 heavy (non-hydrogen) atoms. The average Bonchev–Trinajstić information content (AvgIpc) is 2.34. The molecule has 4 heteroatoms. The van der Waals surface area contributed by atoms with E-state index in [1.54, 1.807) is 0 Å². The molecule has 0 saturated carbocycles. The highest BCUT2D eigenvalue weighted by Crippen LogP contribution is 2.28. The van der Waals surface area contributed by atoms with E-state index in [0.717, 1.165) is 34.4 Å². The van der Waals surface area contributed by atoms with Crippen LogP contribution in [0.15, 0.2) is 16.6 Å². The van der Waals surface area contributed by atoms with Gasteiger partial charge < -0.3 is 15.2 Å². The highest BCUT2D eigenvalue weighted by molar-refractivity contribution is 9.10. The van der Waals surface area contributed by atoms with E-state index < -0.39 is 0 Å². The van der Waals surface area contributed by atoms with Crippen LogP contribution in [0.3, 0.4) is 0 Å². The van der Waals surface area contributed by atoms with Crippen LogP contribution >= 0.6 is 15.9 Å². The van der Waals surface area contributed by atoms with Crippen LogP contribution in [0, 0.1) is 12.8 Å². The number of ether oxygens (including phenoxy) is 1. The van der Waals surface area contributed by atoms with Gasteiger partial charge in [-0.3, -0.25) is 0 Å². The van der Waals surface area contributed by atoms with Crippen LogP contribution in [0.5, 0.6) is 5.75 Å². The zero-order valence-electron chi connectivity index (χ0n) is 11.3. The molecule has 1 atom stereocenters. The molecule has 0 amide bonds. The van der Waals surface area contributed by atoms with Crippen LogP contribution in [0.25, 0.3) is 0 Å². The summed E-state index contributed by atoms with van der Waals surface area (Å²) in [6, 6.07) is 4.13. The summed E-state index contributed by atoms with van der Waals surface area (Å²) >= 11 is 3.51. The van der Waals surface area contributed by atoms with Gasteiger partial charge in [0, 0.05) is 29.1 Å². The molecule has 0 heterocycles. The predicted octanol–water partition coefficient (Wildman–Crippen LogP) is 2.87. The molecule has 0 fully saturated rings. The average molecular weight is 316 g/mol. The molecule has 0 spiro atoms. The summed E-state index contributed by atoms with van der Waals surface area (Å²) in [5, 5.41) is 12.3. The Labute approximate surface area is 118 Å². The second kappa shape index (κ2) is 7.77. The first-order chi connectivity index (χ1) is 8.58. The van der Waals surface area contributed by atoms with Crippen LogP contribution < -0.4 is 10.1 Å². The Morgan fingerprint density at radius 3 is 2.78 bits per heavy atom. The molecule has 1 unspecified atom stereocenters. The third kappa shape index (κ3) is 4.59. The number of halogens is 1. The molecule has 0 saturated heterocycles. The van der Waals surface area contributed by atoms with Gasteiger partial charge in [0.25, 0.3) is 0 Å². The summed E-state index contributed by atoms with van der Waals surface area (Å²) in [6.45, 7) is 8.50. The Kier molecular flexibility index (Phi) is 6.68. The van der Waals surface area contributed by atoms with E-state index in [2.05, 4.69) is 34.2 Å². The smallest absolute Gasteiger partial charge is 0.126 e. The third-order valence-electron chi connectivity index (χ3n) is 2.71. The molecule has 1 rings (SSSR count). The number of rotatable bonds is 7. The number of aliphatic hydroxyl groups excluding tert-OH is 1. The fraction of sp³-hybridized carbons (Fsp3) is 0.571. The van der Waals surface area contributed by atoms with Gasteiger partial charge in [0.2, 0.25) is 0 Å². The normalized spacial score (nSPS) is 12.5. The Hall–Kier alpha value is -0.580. The highest BCUT2D eigenvalue weighted by Gasteiger charge is 2.10. The van der Waals surface area contributed by atoms with Crippen molar-refractivity contribution in [1.29, 1.82) is 0 Å². The van der Waals surface area contributed by atoms with Gasteiger partial charge >= 0.3 is 0 Å². The van der Waals surface area contributed by atoms with Gasteiger partial charge in [-0.2, -0.15) is 0 Å². The maximum absolute atomic E-state index is 9.04. The maximum Gasteiger partial charge on any atom is 0.126 e. The van der Waals surface area contributed by atoms with Gasteiger partial charge in [-0.25, -0.2) is 0 Å². The van der Waals surface area contributed by atoms with E-state index in [9.17, 15) is 0 Å². The van der Waals surface area contributed by atoms with Crippen molar-refractivity contribution < 1.29 is 9.84 Å². The van der Waals surface area contributed by atoms with Gasteiger partial charge in [0.1, 0.15) is 5.75 Å². The second-order valence-corrected chi connectivity index (χ2v) is 5.51. The molecule has 0 aliphatic rings. The second-order valence-electron chi connectivity index (χ2n) is 4.59. The van der Waals surface area contributed by atoms with Crippen LogP contribution in [-0.2, 0) is 6.54 Å². The summed E-state index contributed by atoms with van der Waals surface area (Å²) in [4.78, 5) is 0. The van der Waals surface area contributed by atoms with Crippen molar-refractivity contribution in [2.45, 2.75) is 27.3 Å². The lowest BCUT2D eigenvalue weighted by molar-refractivity contribution is 0.173. The molecular weight excluding hydrogens is 294 g/mol. The molecule has 0 radical (unpaired) electrons. The molecule has 3 nitrogen and oxygen atoms in total. The first-order valence-corrected chi connectivity index (χ1v) is 7.11. The van der Waals surface area contributed by atoms with E-state index in [1.807, 2.05) is 19.9 Å². The number of hydrogen-bond donors (Lipinski definition) is 2. The molecule has 1 aromatic rings. The van der Waals surface area contributed by atoms with Crippen molar-refractivity contribution in [2.75, 3.05) is 19.8 Å². The lowest BCUT2D eigenvalue weighted by atomic mass is 10.1. The quantitative estimate of drug-likeness (QED) is 0.813.